The number of aromatic nitrogens is 2. The summed E-state index contributed by atoms with van der Waals surface area (Å²) in [7, 11) is -4.34. The maximum atomic E-state index is 14.2. The number of H-pyrrole nitrogens is 1. The molecule has 0 saturated heterocycles. The first-order valence-corrected chi connectivity index (χ1v) is 9.76. The molecule has 0 saturated carbocycles. The van der Waals surface area contributed by atoms with E-state index in [2.05, 4.69) is 15.0 Å². The van der Waals surface area contributed by atoms with Crippen molar-refractivity contribution in [3.63, 3.8) is 0 Å². The molecule has 158 valence electrons. The predicted molar refractivity (Wildman–Crippen MR) is 99.9 cm³/mol. The van der Waals surface area contributed by atoms with E-state index >= 15 is 0 Å². The summed E-state index contributed by atoms with van der Waals surface area (Å²) in [5, 5.41) is 2.20. The van der Waals surface area contributed by atoms with E-state index in [-0.39, 0.29) is 11.4 Å². The lowest BCUT2D eigenvalue weighted by Gasteiger charge is -2.11. The van der Waals surface area contributed by atoms with Crippen LogP contribution in [0.4, 0.5) is 28.9 Å². The van der Waals surface area contributed by atoms with Gasteiger partial charge in [-0.15, -0.1) is 0 Å². The molecule has 0 fully saturated rings. The Morgan fingerprint density at radius 2 is 1.70 bits per heavy atom. The summed E-state index contributed by atoms with van der Waals surface area (Å²) in [6.45, 7) is 1.81. The highest BCUT2D eigenvalue weighted by Gasteiger charge is 2.35. The van der Waals surface area contributed by atoms with Crippen LogP contribution in [0.2, 0.25) is 0 Å². The summed E-state index contributed by atoms with van der Waals surface area (Å²) in [6.07, 6.45) is -4.09. The third kappa shape index (κ3) is 4.76. The SMILES string of the molecule is Cc1ccc(NS(=O)(=O)c2cc(NC(=O)c3cnc(C(F)(F)F)[nH]3)ccc2F)cc1. The van der Waals surface area contributed by atoms with E-state index in [1.54, 1.807) is 19.1 Å². The molecule has 7 nitrogen and oxygen atoms in total. The lowest BCUT2D eigenvalue weighted by molar-refractivity contribution is -0.144. The molecule has 0 aliphatic carbocycles. The van der Waals surface area contributed by atoms with Gasteiger partial charge in [0, 0.05) is 11.4 Å². The van der Waals surface area contributed by atoms with Crippen molar-refractivity contribution in [2.75, 3.05) is 10.0 Å². The van der Waals surface area contributed by atoms with Crippen molar-refractivity contribution in [1.29, 1.82) is 0 Å². The number of imidazole rings is 1. The van der Waals surface area contributed by atoms with Gasteiger partial charge in [-0.1, -0.05) is 17.7 Å². The number of hydrogen-bond donors (Lipinski definition) is 3. The Bertz CT molecular complexity index is 1190. The van der Waals surface area contributed by atoms with Gasteiger partial charge in [-0.25, -0.2) is 17.8 Å². The molecule has 3 rings (SSSR count). The van der Waals surface area contributed by atoms with Gasteiger partial charge < -0.3 is 10.3 Å². The van der Waals surface area contributed by atoms with Crippen LogP contribution >= 0.6 is 0 Å². The smallest absolute Gasteiger partial charge is 0.330 e. The second-order valence-electron chi connectivity index (χ2n) is 6.21. The minimum absolute atomic E-state index is 0.145. The van der Waals surface area contributed by atoms with E-state index in [0.29, 0.717) is 6.20 Å². The highest BCUT2D eigenvalue weighted by Crippen LogP contribution is 2.27. The second-order valence-corrected chi connectivity index (χ2v) is 7.86. The summed E-state index contributed by atoms with van der Waals surface area (Å²) in [5.74, 6) is -3.45. The van der Waals surface area contributed by atoms with E-state index in [1.807, 2.05) is 4.98 Å². The standard InChI is InChI=1S/C18H14F4N4O3S/c1-10-2-4-11(5-3-10)26-30(28,29)15-8-12(6-7-13(15)19)24-16(27)14-9-23-17(25-14)18(20,21)22/h2-9,26H,1H3,(H,23,25)(H,24,27). The number of carbonyl (C=O) groups excluding carboxylic acids is 1. The number of hydrogen-bond acceptors (Lipinski definition) is 4. The minimum Gasteiger partial charge on any atom is -0.330 e. The van der Waals surface area contributed by atoms with Crippen LogP contribution in [0.15, 0.2) is 53.6 Å². The van der Waals surface area contributed by atoms with Crippen molar-refractivity contribution in [2.45, 2.75) is 18.0 Å². The number of halogens is 4. The molecule has 3 N–H and O–H groups in total. The minimum atomic E-state index is -4.77. The van der Waals surface area contributed by atoms with Crippen molar-refractivity contribution in [3.05, 3.63) is 71.6 Å². The Hall–Kier alpha value is -3.41. The highest BCUT2D eigenvalue weighted by molar-refractivity contribution is 7.92. The number of nitrogens with zero attached hydrogens (tertiary/aromatic N) is 1. The Balaban J connectivity index is 1.83. The zero-order chi connectivity index (χ0) is 22.1. The molecule has 2 aromatic carbocycles. The first-order chi connectivity index (χ1) is 14.0. The van der Waals surface area contributed by atoms with Gasteiger partial charge in [0.25, 0.3) is 15.9 Å². The van der Waals surface area contributed by atoms with Crippen molar-refractivity contribution in [3.8, 4) is 0 Å². The third-order valence-electron chi connectivity index (χ3n) is 3.87. The molecule has 0 unspecified atom stereocenters. The zero-order valence-corrected chi connectivity index (χ0v) is 16.0. The number of rotatable bonds is 5. The molecule has 0 spiro atoms. The monoisotopic (exact) mass is 442 g/mol. The first kappa shape index (κ1) is 21.3. The second kappa shape index (κ2) is 7.78. The summed E-state index contributed by atoms with van der Waals surface area (Å²) in [5.41, 5.74) is 0.440. The summed E-state index contributed by atoms with van der Waals surface area (Å²) < 4.78 is 79.2. The maximum absolute atomic E-state index is 14.2. The summed E-state index contributed by atoms with van der Waals surface area (Å²) in [4.78, 5) is 16.2. The first-order valence-electron chi connectivity index (χ1n) is 8.28. The number of sulfonamides is 1. The Morgan fingerprint density at radius 3 is 2.30 bits per heavy atom. The quantitative estimate of drug-likeness (QED) is 0.521. The van der Waals surface area contributed by atoms with Gasteiger partial charge in [-0.2, -0.15) is 13.2 Å². The Kier molecular flexibility index (Phi) is 5.53. The Labute approximate surface area is 168 Å². The van der Waals surface area contributed by atoms with Crippen molar-refractivity contribution in [2.24, 2.45) is 0 Å². The summed E-state index contributed by atoms with van der Waals surface area (Å²) in [6, 6.07) is 9.03. The predicted octanol–water partition coefficient (Wildman–Crippen LogP) is 3.93. The van der Waals surface area contributed by atoms with Crippen molar-refractivity contribution in [1.82, 2.24) is 9.97 Å². The lowest BCUT2D eigenvalue weighted by atomic mass is 10.2. The van der Waals surface area contributed by atoms with E-state index in [4.69, 9.17) is 0 Å². The molecule has 0 aliphatic rings. The van der Waals surface area contributed by atoms with E-state index in [0.717, 1.165) is 23.8 Å². The molecular formula is C18H14F4N4O3S. The number of alkyl halides is 3. The molecule has 0 bridgehead atoms. The van der Waals surface area contributed by atoms with Crippen LogP contribution in [0.1, 0.15) is 21.9 Å². The van der Waals surface area contributed by atoms with Gasteiger partial charge in [0.2, 0.25) is 5.82 Å². The van der Waals surface area contributed by atoms with Gasteiger partial charge in [0.15, 0.2) is 0 Å². The van der Waals surface area contributed by atoms with E-state index in [9.17, 15) is 30.8 Å². The van der Waals surface area contributed by atoms with Crippen LogP contribution in [0.3, 0.4) is 0 Å². The normalized spacial score (nSPS) is 11.9. The molecule has 1 heterocycles. The van der Waals surface area contributed by atoms with Crippen LogP contribution in [0.5, 0.6) is 0 Å². The number of carbonyl (C=O) groups is 1. The number of aromatic amines is 1. The molecular weight excluding hydrogens is 428 g/mol. The van der Waals surface area contributed by atoms with Crippen LogP contribution in [0, 0.1) is 12.7 Å². The number of nitrogens with one attached hydrogen (secondary N) is 3. The van der Waals surface area contributed by atoms with Gasteiger partial charge in [-0.05, 0) is 37.3 Å². The molecule has 12 heteroatoms. The van der Waals surface area contributed by atoms with Crippen LogP contribution in [-0.4, -0.2) is 24.3 Å². The number of aryl methyl sites for hydroxylation is 1. The van der Waals surface area contributed by atoms with E-state index < -0.39 is 44.3 Å². The fourth-order valence-electron chi connectivity index (χ4n) is 2.40. The van der Waals surface area contributed by atoms with Crippen LogP contribution in [-0.2, 0) is 16.2 Å². The van der Waals surface area contributed by atoms with Gasteiger partial charge >= 0.3 is 6.18 Å². The average Bonchev–Trinajstić information content (AvgIpc) is 3.16. The zero-order valence-electron chi connectivity index (χ0n) is 15.2. The number of anilines is 2. The third-order valence-corrected chi connectivity index (χ3v) is 5.27. The van der Waals surface area contributed by atoms with Gasteiger partial charge in [-0.3, -0.25) is 9.52 Å². The average molecular weight is 442 g/mol. The van der Waals surface area contributed by atoms with Gasteiger partial charge in [0.05, 0.1) is 6.20 Å². The maximum Gasteiger partial charge on any atom is 0.449 e. The fraction of sp³-hybridized carbons (Fsp3) is 0.111. The fourth-order valence-corrected chi connectivity index (χ4v) is 3.56. The lowest BCUT2D eigenvalue weighted by Crippen LogP contribution is -2.17. The molecule has 0 atom stereocenters. The van der Waals surface area contributed by atoms with Crippen LogP contribution < -0.4 is 10.0 Å². The topological polar surface area (TPSA) is 104 Å². The largest absolute Gasteiger partial charge is 0.449 e. The number of benzene rings is 2. The molecule has 3 aromatic rings. The number of amides is 1. The molecule has 0 aliphatic heterocycles. The van der Waals surface area contributed by atoms with Crippen molar-refractivity contribution < 1.29 is 30.8 Å². The van der Waals surface area contributed by atoms with E-state index in [1.165, 1.54) is 12.1 Å². The molecule has 1 amide bonds. The Morgan fingerprint density at radius 1 is 1.07 bits per heavy atom. The van der Waals surface area contributed by atoms with Gasteiger partial charge in [0.1, 0.15) is 16.4 Å². The highest BCUT2D eigenvalue weighted by atomic mass is 32.2. The summed E-state index contributed by atoms with van der Waals surface area (Å²) >= 11 is 0. The molecule has 1 aromatic heterocycles. The van der Waals surface area contributed by atoms with Crippen molar-refractivity contribution >= 4 is 27.3 Å². The molecule has 0 radical (unpaired) electrons. The molecule has 30 heavy (non-hydrogen) atoms. The van der Waals surface area contributed by atoms with Crippen LogP contribution in [0.25, 0.3) is 0 Å².